The first-order chi connectivity index (χ1) is 12.8. The molecule has 0 saturated heterocycles. The van der Waals surface area contributed by atoms with Gasteiger partial charge < -0.3 is 15.4 Å². The molecule has 2 aromatic carbocycles. The molecule has 0 aromatic heterocycles. The van der Waals surface area contributed by atoms with Crippen LogP contribution in [-0.4, -0.2) is 18.9 Å². The normalized spacial score (nSPS) is 12.8. The molecule has 0 aliphatic carbocycles. The third-order valence-corrected chi connectivity index (χ3v) is 4.30. The van der Waals surface area contributed by atoms with E-state index >= 15 is 0 Å². The van der Waals surface area contributed by atoms with Crippen LogP contribution in [0.4, 0.5) is 4.39 Å². The third-order valence-electron chi connectivity index (χ3n) is 4.30. The third kappa shape index (κ3) is 5.81. The fourth-order valence-corrected chi connectivity index (χ4v) is 2.82. The van der Waals surface area contributed by atoms with Gasteiger partial charge in [-0.1, -0.05) is 35.9 Å². The second kappa shape index (κ2) is 9.16. The van der Waals surface area contributed by atoms with Crippen LogP contribution in [-0.2, 0) is 9.59 Å². The van der Waals surface area contributed by atoms with Crippen LogP contribution < -0.4 is 15.4 Å². The molecule has 2 unspecified atom stereocenters. The molecule has 2 rings (SSSR count). The number of methoxy groups -OCH3 is 1. The van der Waals surface area contributed by atoms with Crippen molar-refractivity contribution in [2.75, 3.05) is 7.11 Å². The number of amides is 2. The van der Waals surface area contributed by atoms with Gasteiger partial charge in [-0.25, -0.2) is 4.39 Å². The molecule has 0 spiro atoms. The molecule has 144 valence electrons. The molecule has 2 amide bonds. The Morgan fingerprint density at radius 1 is 1.07 bits per heavy atom. The molecule has 0 saturated carbocycles. The Bertz CT molecular complexity index is 806. The number of nitrogens with one attached hydrogen (secondary N) is 2. The molecule has 0 bridgehead atoms. The average molecular weight is 372 g/mol. The van der Waals surface area contributed by atoms with Crippen LogP contribution in [0.25, 0.3) is 0 Å². The van der Waals surface area contributed by atoms with Crippen LogP contribution in [0, 0.1) is 12.7 Å². The first-order valence-corrected chi connectivity index (χ1v) is 8.76. The standard InChI is InChI=1S/C21H25FN2O3/c1-13-5-7-16(8-6-13)19(24-15(3)25)12-21(26)23-14(2)17-9-10-20(27-4)18(22)11-17/h5-11,14,19H,12H2,1-4H3,(H,23,26)(H,24,25). The summed E-state index contributed by atoms with van der Waals surface area (Å²) in [5, 5.41) is 5.66. The summed E-state index contributed by atoms with van der Waals surface area (Å²) in [4.78, 5) is 24.0. The Balaban J connectivity index is 2.07. The second-order valence-electron chi connectivity index (χ2n) is 6.55. The zero-order chi connectivity index (χ0) is 20.0. The molecule has 0 heterocycles. The predicted molar refractivity (Wildman–Crippen MR) is 102 cm³/mol. The second-order valence-corrected chi connectivity index (χ2v) is 6.55. The highest BCUT2D eigenvalue weighted by molar-refractivity contribution is 5.79. The largest absolute Gasteiger partial charge is 0.494 e. The van der Waals surface area contributed by atoms with E-state index in [1.54, 1.807) is 13.0 Å². The van der Waals surface area contributed by atoms with Crippen molar-refractivity contribution in [1.82, 2.24) is 10.6 Å². The summed E-state index contributed by atoms with van der Waals surface area (Å²) in [5.41, 5.74) is 2.59. The fraction of sp³-hybridized carbons (Fsp3) is 0.333. The van der Waals surface area contributed by atoms with Gasteiger partial charge in [-0.2, -0.15) is 0 Å². The van der Waals surface area contributed by atoms with E-state index in [0.717, 1.165) is 11.1 Å². The van der Waals surface area contributed by atoms with Gasteiger partial charge in [0.05, 0.1) is 25.6 Å². The van der Waals surface area contributed by atoms with Crippen molar-refractivity contribution in [1.29, 1.82) is 0 Å². The van der Waals surface area contributed by atoms with E-state index < -0.39 is 11.9 Å². The molecule has 0 aliphatic heterocycles. The Morgan fingerprint density at radius 2 is 1.70 bits per heavy atom. The van der Waals surface area contributed by atoms with Crippen LogP contribution in [0.2, 0.25) is 0 Å². The predicted octanol–water partition coefficient (Wildman–Crippen LogP) is 3.59. The Kier molecular flexibility index (Phi) is 6.93. The number of hydrogen-bond donors (Lipinski definition) is 2. The SMILES string of the molecule is COc1ccc(C(C)NC(=O)CC(NC(C)=O)c2ccc(C)cc2)cc1F. The lowest BCUT2D eigenvalue weighted by Gasteiger charge is -2.20. The molecule has 2 N–H and O–H groups in total. The molecule has 2 atom stereocenters. The van der Waals surface area contributed by atoms with E-state index in [0.29, 0.717) is 5.56 Å². The summed E-state index contributed by atoms with van der Waals surface area (Å²) in [6.45, 7) is 5.17. The highest BCUT2D eigenvalue weighted by Crippen LogP contribution is 2.23. The highest BCUT2D eigenvalue weighted by atomic mass is 19.1. The number of aryl methyl sites for hydroxylation is 1. The Hall–Kier alpha value is -2.89. The fourth-order valence-electron chi connectivity index (χ4n) is 2.82. The lowest BCUT2D eigenvalue weighted by Crippen LogP contribution is -2.33. The van der Waals surface area contributed by atoms with Crippen molar-refractivity contribution >= 4 is 11.8 Å². The van der Waals surface area contributed by atoms with Crippen molar-refractivity contribution < 1.29 is 18.7 Å². The maximum atomic E-state index is 13.9. The quantitative estimate of drug-likeness (QED) is 0.781. The lowest BCUT2D eigenvalue weighted by atomic mass is 10.0. The zero-order valence-electron chi connectivity index (χ0n) is 16.0. The summed E-state index contributed by atoms with van der Waals surface area (Å²) < 4.78 is 18.8. The number of rotatable bonds is 7. The minimum absolute atomic E-state index is 0.0889. The van der Waals surface area contributed by atoms with Gasteiger partial charge in [0.25, 0.3) is 0 Å². The summed E-state index contributed by atoms with van der Waals surface area (Å²) in [6.07, 6.45) is 0.0889. The van der Waals surface area contributed by atoms with Crippen LogP contribution >= 0.6 is 0 Å². The van der Waals surface area contributed by atoms with Gasteiger partial charge in [-0.15, -0.1) is 0 Å². The maximum Gasteiger partial charge on any atom is 0.222 e. The van der Waals surface area contributed by atoms with E-state index in [9.17, 15) is 14.0 Å². The Morgan fingerprint density at radius 3 is 2.26 bits per heavy atom. The van der Waals surface area contributed by atoms with Gasteiger partial charge in [0, 0.05) is 6.92 Å². The molecule has 0 aliphatic rings. The highest BCUT2D eigenvalue weighted by Gasteiger charge is 2.19. The molecular weight excluding hydrogens is 347 g/mol. The van der Waals surface area contributed by atoms with Crippen molar-refractivity contribution in [3.63, 3.8) is 0 Å². The van der Waals surface area contributed by atoms with Gasteiger partial charge >= 0.3 is 0 Å². The summed E-state index contributed by atoms with van der Waals surface area (Å²) in [7, 11) is 1.40. The van der Waals surface area contributed by atoms with Crippen LogP contribution in [0.5, 0.6) is 5.75 Å². The minimum Gasteiger partial charge on any atom is -0.494 e. The van der Waals surface area contributed by atoms with E-state index in [1.807, 2.05) is 31.2 Å². The average Bonchev–Trinajstić information content (AvgIpc) is 2.61. The number of carbonyl (C=O) groups is 2. The minimum atomic E-state index is -0.480. The van der Waals surface area contributed by atoms with Gasteiger partial charge in [0.15, 0.2) is 11.6 Å². The number of hydrogen-bond acceptors (Lipinski definition) is 3. The molecular formula is C21H25FN2O3. The molecule has 27 heavy (non-hydrogen) atoms. The molecule has 0 fully saturated rings. The topological polar surface area (TPSA) is 67.4 Å². The van der Waals surface area contributed by atoms with E-state index in [1.165, 1.54) is 26.2 Å². The zero-order valence-corrected chi connectivity index (χ0v) is 16.0. The number of carbonyl (C=O) groups excluding carboxylic acids is 2. The van der Waals surface area contributed by atoms with Crippen LogP contribution in [0.1, 0.15) is 49.0 Å². The molecule has 5 nitrogen and oxygen atoms in total. The van der Waals surface area contributed by atoms with Crippen molar-refractivity contribution in [3.05, 3.63) is 65.0 Å². The molecule has 2 aromatic rings. The van der Waals surface area contributed by atoms with Crippen LogP contribution in [0.15, 0.2) is 42.5 Å². The van der Waals surface area contributed by atoms with E-state index in [2.05, 4.69) is 10.6 Å². The lowest BCUT2D eigenvalue weighted by molar-refractivity contribution is -0.123. The maximum absolute atomic E-state index is 13.9. The number of benzene rings is 2. The smallest absolute Gasteiger partial charge is 0.222 e. The van der Waals surface area contributed by atoms with E-state index in [-0.39, 0.29) is 30.0 Å². The van der Waals surface area contributed by atoms with Crippen molar-refractivity contribution in [2.45, 2.75) is 39.3 Å². The summed E-state index contributed by atoms with van der Waals surface area (Å²) >= 11 is 0. The number of ether oxygens (including phenoxy) is 1. The number of halogens is 1. The monoisotopic (exact) mass is 372 g/mol. The molecule has 0 radical (unpaired) electrons. The van der Waals surface area contributed by atoms with Gasteiger partial charge in [0.1, 0.15) is 0 Å². The van der Waals surface area contributed by atoms with Crippen LogP contribution in [0.3, 0.4) is 0 Å². The van der Waals surface area contributed by atoms with E-state index in [4.69, 9.17) is 4.74 Å². The Labute approximate surface area is 158 Å². The van der Waals surface area contributed by atoms with Gasteiger partial charge in [0.2, 0.25) is 11.8 Å². The van der Waals surface area contributed by atoms with Gasteiger partial charge in [-0.05, 0) is 37.1 Å². The molecule has 6 heteroatoms. The summed E-state index contributed by atoms with van der Waals surface area (Å²) in [6, 6.07) is 11.4. The van der Waals surface area contributed by atoms with Crippen molar-refractivity contribution in [3.8, 4) is 5.75 Å². The first-order valence-electron chi connectivity index (χ1n) is 8.76. The summed E-state index contributed by atoms with van der Waals surface area (Å²) in [5.74, 6) is -0.772. The van der Waals surface area contributed by atoms with Crippen molar-refractivity contribution in [2.24, 2.45) is 0 Å². The van der Waals surface area contributed by atoms with Gasteiger partial charge in [-0.3, -0.25) is 9.59 Å². The first kappa shape index (κ1) is 20.4.